The molecule has 0 saturated carbocycles. The van der Waals surface area contributed by atoms with Gasteiger partial charge in [-0.3, -0.25) is 4.98 Å². The topological polar surface area (TPSA) is 43.4 Å². The summed E-state index contributed by atoms with van der Waals surface area (Å²) in [7, 11) is 0. The minimum atomic E-state index is 0.313. The van der Waals surface area contributed by atoms with Crippen molar-refractivity contribution in [1.82, 2.24) is 4.98 Å². The van der Waals surface area contributed by atoms with Crippen molar-refractivity contribution in [2.75, 3.05) is 12.1 Å². The lowest BCUT2D eigenvalue weighted by atomic mass is 10.3. The van der Waals surface area contributed by atoms with Crippen LogP contribution in [0.2, 0.25) is 0 Å². The number of benzene rings is 1. The minimum Gasteiger partial charge on any atom is -0.454 e. The van der Waals surface area contributed by atoms with E-state index in [1.165, 1.54) is 4.88 Å². The van der Waals surface area contributed by atoms with E-state index in [2.05, 4.69) is 10.3 Å². The first kappa shape index (κ1) is 9.47. The Morgan fingerprint density at radius 3 is 3.12 bits per heavy atom. The van der Waals surface area contributed by atoms with Crippen molar-refractivity contribution in [3.05, 3.63) is 34.8 Å². The molecule has 0 fully saturated rings. The second-order valence-electron chi connectivity index (χ2n) is 3.39. The summed E-state index contributed by atoms with van der Waals surface area (Å²) in [6.45, 7) is 1.10. The van der Waals surface area contributed by atoms with Crippen molar-refractivity contribution in [3.63, 3.8) is 0 Å². The van der Waals surface area contributed by atoms with Gasteiger partial charge in [-0.1, -0.05) is 0 Å². The molecular weight excluding hydrogens is 224 g/mol. The van der Waals surface area contributed by atoms with Gasteiger partial charge in [0.15, 0.2) is 11.5 Å². The summed E-state index contributed by atoms with van der Waals surface area (Å²) in [5.41, 5.74) is 2.86. The highest BCUT2D eigenvalue weighted by atomic mass is 32.1. The number of anilines is 1. The van der Waals surface area contributed by atoms with E-state index in [0.717, 1.165) is 23.7 Å². The predicted octanol–water partition coefficient (Wildman–Crippen LogP) is 2.48. The van der Waals surface area contributed by atoms with Crippen LogP contribution in [0.5, 0.6) is 11.5 Å². The van der Waals surface area contributed by atoms with Crippen molar-refractivity contribution in [1.29, 1.82) is 0 Å². The van der Waals surface area contributed by atoms with Crippen LogP contribution in [0, 0.1) is 0 Å². The van der Waals surface area contributed by atoms with Gasteiger partial charge in [-0.2, -0.15) is 0 Å². The molecule has 1 N–H and O–H groups in total. The van der Waals surface area contributed by atoms with Crippen molar-refractivity contribution in [2.24, 2.45) is 0 Å². The fourth-order valence-electron chi connectivity index (χ4n) is 1.53. The average Bonchev–Trinajstić information content (AvgIpc) is 2.97. The summed E-state index contributed by atoms with van der Waals surface area (Å²) < 4.78 is 10.6. The van der Waals surface area contributed by atoms with E-state index in [1.54, 1.807) is 11.3 Å². The summed E-state index contributed by atoms with van der Waals surface area (Å²) in [6.07, 6.45) is 1.87. The number of hydrogen-bond acceptors (Lipinski definition) is 5. The zero-order valence-electron chi connectivity index (χ0n) is 8.47. The number of hydrogen-bond donors (Lipinski definition) is 1. The standard InChI is InChI=1S/C11H10N2O2S/c1-2-10-11(15-7-14-10)3-8(1)13-5-9-4-12-6-16-9/h1-4,6,13H,5,7H2. The maximum absolute atomic E-state index is 5.30. The summed E-state index contributed by atoms with van der Waals surface area (Å²) >= 11 is 1.64. The number of fused-ring (bicyclic) bond motifs is 1. The van der Waals surface area contributed by atoms with Crippen LogP contribution in [0.4, 0.5) is 5.69 Å². The number of aromatic nitrogens is 1. The molecule has 2 aromatic rings. The van der Waals surface area contributed by atoms with Crippen LogP contribution in [-0.2, 0) is 6.54 Å². The van der Waals surface area contributed by atoms with Crippen LogP contribution < -0.4 is 14.8 Å². The van der Waals surface area contributed by atoms with E-state index >= 15 is 0 Å². The molecule has 2 heterocycles. The first-order valence-electron chi connectivity index (χ1n) is 4.93. The molecule has 1 aromatic heterocycles. The predicted molar refractivity (Wildman–Crippen MR) is 62.0 cm³/mol. The van der Waals surface area contributed by atoms with Gasteiger partial charge in [0.05, 0.1) is 12.1 Å². The van der Waals surface area contributed by atoms with E-state index in [4.69, 9.17) is 9.47 Å². The van der Waals surface area contributed by atoms with Gasteiger partial charge < -0.3 is 14.8 Å². The summed E-state index contributed by atoms with van der Waals surface area (Å²) in [5, 5.41) is 3.31. The van der Waals surface area contributed by atoms with Crippen LogP contribution in [0.25, 0.3) is 0 Å². The molecule has 1 aliphatic heterocycles. The van der Waals surface area contributed by atoms with Gasteiger partial charge in [0, 0.05) is 22.8 Å². The van der Waals surface area contributed by atoms with Gasteiger partial charge in [0.1, 0.15) is 0 Å². The Balaban J connectivity index is 1.71. The van der Waals surface area contributed by atoms with Crippen LogP contribution >= 0.6 is 11.3 Å². The van der Waals surface area contributed by atoms with E-state index in [1.807, 2.05) is 29.9 Å². The normalized spacial score (nSPS) is 12.8. The maximum Gasteiger partial charge on any atom is 0.231 e. The molecule has 16 heavy (non-hydrogen) atoms. The fraction of sp³-hybridized carbons (Fsp3) is 0.182. The molecule has 0 spiro atoms. The lowest BCUT2D eigenvalue weighted by Gasteiger charge is -2.05. The second kappa shape index (κ2) is 4.02. The second-order valence-corrected chi connectivity index (χ2v) is 4.36. The largest absolute Gasteiger partial charge is 0.454 e. The molecule has 1 aromatic carbocycles. The fourth-order valence-corrected chi connectivity index (χ4v) is 2.06. The van der Waals surface area contributed by atoms with Gasteiger partial charge in [-0.15, -0.1) is 11.3 Å². The van der Waals surface area contributed by atoms with Gasteiger partial charge in [0.2, 0.25) is 6.79 Å². The van der Waals surface area contributed by atoms with Crippen molar-refractivity contribution in [3.8, 4) is 11.5 Å². The summed E-state index contributed by atoms with van der Waals surface area (Å²) in [5.74, 6) is 1.61. The number of nitrogens with zero attached hydrogens (tertiary/aromatic N) is 1. The molecule has 0 radical (unpaired) electrons. The lowest BCUT2D eigenvalue weighted by Crippen LogP contribution is -1.97. The molecule has 5 heteroatoms. The molecule has 3 rings (SSSR count). The maximum atomic E-state index is 5.30. The SMILES string of the molecule is c1ncc(CNc2ccc3c(c2)OCO3)s1. The highest BCUT2D eigenvalue weighted by molar-refractivity contribution is 7.09. The van der Waals surface area contributed by atoms with Gasteiger partial charge in [-0.25, -0.2) is 0 Å². The minimum absolute atomic E-state index is 0.313. The highest BCUT2D eigenvalue weighted by Gasteiger charge is 2.12. The van der Waals surface area contributed by atoms with Crippen LogP contribution in [-0.4, -0.2) is 11.8 Å². The van der Waals surface area contributed by atoms with Crippen molar-refractivity contribution in [2.45, 2.75) is 6.54 Å². The third kappa shape index (κ3) is 1.81. The van der Waals surface area contributed by atoms with Crippen molar-refractivity contribution < 1.29 is 9.47 Å². The number of thiazole rings is 1. The van der Waals surface area contributed by atoms with Gasteiger partial charge in [0.25, 0.3) is 0 Å². The first-order valence-corrected chi connectivity index (χ1v) is 5.81. The zero-order valence-corrected chi connectivity index (χ0v) is 9.29. The van der Waals surface area contributed by atoms with E-state index in [9.17, 15) is 0 Å². The van der Waals surface area contributed by atoms with Crippen molar-refractivity contribution >= 4 is 17.0 Å². The number of nitrogens with one attached hydrogen (secondary N) is 1. The molecule has 0 saturated heterocycles. The number of rotatable bonds is 3. The zero-order chi connectivity index (χ0) is 10.8. The molecule has 1 aliphatic rings. The Bertz CT molecular complexity index is 485. The van der Waals surface area contributed by atoms with E-state index < -0.39 is 0 Å². The number of ether oxygens (including phenoxy) is 2. The van der Waals surface area contributed by atoms with E-state index in [-0.39, 0.29) is 0 Å². The molecule has 0 aliphatic carbocycles. The average molecular weight is 234 g/mol. The quantitative estimate of drug-likeness (QED) is 0.886. The van der Waals surface area contributed by atoms with E-state index in [0.29, 0.717) is 6.79 Å². The molecule has 0 atom stereocenters. The Morgan fingerprint density at radius 1 is 1.31 bits per heavy atom. The molecular formula is C11H10N2O2S. The smallest absolute Gasteiger partial charge is 0.231 e. The Kier molecular flexibility index (Phi) is 2.38. The molecule has 0 amide bonds. The highest BCUT2D eigenvalue weighted by Crippen LogP contribution is 2.34. The molecule has 0 bridgehead atoms. The van der Waals surface area contributed by atoms with Gasteiger partial charge in [-0.05, 0) is 12.1 Å². The Hall–Kier alpha value is -1.75. The Labute approximate surface area is 96.8 Å². The molecule has 82 valence electrons. The molecule has 0 unspecified atom stereocenters. The monoisotopic (exact) mass is 234 g/mol. The molecule has 4 nitrogen and oxygen atoms in total. The third-order valence-corrected chi connectivity index (χ3v) is 3.10. The lowest BCUT2D eigenvalue weighted by molar-refractivity contribution is 0.174. The summed E-state index contributed by atoms with van der Waals surface area (Å²) in [6, 6.07) is 5.84. The first-order chi connectivity index (χ1) is 7.92. The third-order valence-electron chi connectivity index (χ3n) is 2.32. The van der Waals surface area contributed by atoms with Crippen LogP contribution in [0.1, 0.15) is 4.88 Å². The Morgan fingerprint density at radius 2 is 2.25 bits per heavy atom. The van der Waals surface area contributed by atoms with Gasteiger partial charge >= 0.3 is 0 Å². The summed E-state index contributed by atoms with van der Waals surface area (Å²) in [4.78, 5) is 5.23. The van der Waals surface area contributed by atoms with Crippen LogP contribution in [0.15, 0.2) is 29.9 Å². The van der Waals surface area contributed by atoms with Crippen LogP contribution in [0.3, 0.4) is 0 Å².